The average Bonchev–Trinajstić information content (AvgIpc) is 2.16. The van der Waals surface area contributed by atoms with Crippen LogP contribution < -0.4 is 0 Å². The van der Waals surface area contributed by atoms with Crippen molar-refractivity contribution in [1.29, 1.82) is 0 Å². The van der Waals surface area contributed by atoms with Gasteiger partial charge in [0.1, 0.15) is 5.56 Å². The van der Waals surface area contributed by atoms with E-state index in [0.29, 0.717) is 0 Å². The Kier molecular flexibility index (Phi) is 2.89. The topological polar surface area (TPSA) is 77.3 Å². The highest BCUT2D eigenvalue weighted by Crippen LogP contribution is 2.22. The quantitative estimate of drug-likeness (QED) is 0.330. The highest BCUT2D eigenvalue weighted by Gasteiger charge is 2.21. The molecular weight excluding hydrogens is 205 g/mol. The van der Waals surface area contributed by atoms with Crippen molar-refractivity contribution in [3.8, 4) is 0 Å². The van der Waals surface area contributed by atoms with Crippen LogP contribution in [0.2, 0.25) is 0 Å². The van der Waals surface area contributed by atoms with Crippen LogP contribution in [0.25, 0.3) is 0 Å². The zero-order valence-corrected chi connectivity index (χ0v) is 7.69. The molecule has 6 heteroatoms. The second kappa shape index (κ2) is 3.95. The van der Waals surface area contributed by atoms with Crippen LogP contribution in [0.1, 0.15) is 27.6 Å². The number of benzene rings is 1. The van der Waals surface area contributed by atoms with Gasteiger partial charge >= 0.3 is 0 Å². The van der Waals surface area contributed by atoms with Gasteiger partial charge in [0.05, 0.1) is 10.5 Å². The number of nitro groups is 1. The lowest BCUT2D eigenvalue weighted by Crippen LogP contribution is -2.04. The lowest BCUT2D eigenvalue weighted by atomic mass is 10.1. The number of carbonyl (C=O) groups is 2. The summed E-state index contributed by atoms with van der Waals surface area (Å²) in [6, 6.07) is 1.92. The molecule has 0 saturated carbocycles. The molecule has 0 bridgehead atoms. The first-order valence-corrected chi connectivity index (χ1v) is 3.92. The lowest BCUT2D eigenvalue weighted by molar-refractivity contribution is -0.385. The minimum Gasteiger partial charge on any atom is -0.298 e. The molecule has 0 aliphatic carbocycles. The van der Waals surface area contributed by atoms with E-state index in [1.165, 1.54) is 0 Å². The Labute approximate surface area is 83.7 Å². The molecule has 0 unspecified atom stereocenters. The van der Waals surface area contributed by atoms with Crippen molar-refractivity contribution < 1.29 is 18.9 Å². The predicted molar refractivity (Wildman–Crippen MR) is 48.4 cm³/mol. The molecule has 0 heterocycles. The van der Waals surface area contributed by atoms with Gasteiger partial charge in [-0.05, 0) is 13.0 Å². The first-order chi connectivity index (χ1) is 6.99. The van der Waals surface area contributed by atoms with Crippen molar-refractivity contribution in [3.63, 3.8) is 0 Å². The standard InChI is InChI=1S/C9H6FNO4/c1-5(13)6-2-3-8(11(14)15)7(4-12)9(6)10/h2-4H,1H3. The molecular formula is C9H6FNO4. The van der Waals surface area contributed by atoms with E-state index in [0.717, 1.165) is 19.1 Å². The summed E-state index contributed by atoms with van der Waals surface area (Å²) in [4.78, 5) is 30.9. The van der Waals surface area contributed by atoms with E-state index >= 15 is 0 Å². The fourth-order valence-corrected chi connectivity index (χ4v) is 1.13. The van der Waals surface area contributed by atoms with Gasteiger partial charge in [-0.25, -0.2) is 4.39 Å². The molecule has 0 aliphatic heterocycles. The fraction of sp³-hybridized carbons (Fsp3) is 0.111. The summed E-state index contributed by atoms with van der Waals surface area (Å²) in [5.74, 6) is -1.74. The molecule has 15 heavy (non-hydrogen) atoms. The Morgan fingerprint density at radius 3 is 2.53 bits per heavy atom. The van der Waals surface area contributed by atoms with Crippen molar-refractivity contribution in [2.75, 3.05) is 0 Å². The van der Waals surface area contributed by atoms with Gasteiger partial charge in [0.15, 0.2) is 17.9 Å². The number of ketones is 1. The number of nitrogens with zero attached hydrogens (tertiary/aromatic N) is 1. The molecule has 0 saturated heterocycles. The molecule has 5 nitrogen and oxygen atoms in total. The first-order valence-electron chi connectivity index (χ1n) is 3.92. The van der Waals surface area contributed by atoms with E-state index in [9.17, 15) is 24.1 Å². The second-order valence-corrected chi connectivity index (χ2v) is 2.79. The van der Waals surface area contributed by atoms with Crippen LogP contribution in [0, 0.1) is 15.9 Å². The average molecular weight is 211 g/mol. The van der Waals surface area contributed by atoms with E-state index in [2.05, 4.69) is 0 Å². The third-order valence-corrected chi connectivity index (χ3v) is 1.85. The Morgan fingerprint density at radius 1 is 1.53 bits per heavy atom. The smallest absolute Gasteiger partial charge is 0.282 e. The Bertz CT molecular complexity index is 456. The van der Waals surface area contributed by atoms with Crippen LogP contribution in [-0.2, 0) is 0 Å². The van der Waals surface area contributed by atoms with Gasteiger partial charge in [-0.3, -0.25) is 19.7 Å². The summed E-state index contributed by atoms with van der Waals surface area (Å²) in [7, 11) is 0. The van der Waals surface area contributed by atoms with Gasteiger partial charge in [0.2, 0.25) is 0 Å². The van der Waals surface area contributed by atoms with Crippen molar-refractivity contribution >= 4 is 17.8 Å². The summed E-state index contributed by atoms with van der Waals surface area (Å²) in [6.07, 6.45) is 0.0277. The molecule has 0 amide bonds. The number of hydrogen-bond donors (Lipinski definition) is 0. The molecule has 78 valence electrons. The maximum absolute atomic E-state index is 13.4. The summed E-state index contributed by atoms with van der Waals surface area (Å²) in [6.45, 7) is 1.11. The van der Waals surface area contributed by atoms with Crippen LogP contribution in [0.5, 0.6) is 0 Å². The number of halogens is 1. The molecule has 0 aliphatic rings. The Morgan fingerprint density at radius 2 is 2.13 bits per heavy atom. The highest BCUT2D eigenvalue weighted by atomic mass is 19.1. The highest BCUT2D eigenvalue weighted by molar-refractivity contribution is 5.97. The van der Waals surface area contributed by atoms with Gasteiger partial charge in [-0.1, -0.05) is 0 Å². The van der Waals surface area contributed by atoms with E-state index in [4.69, 9.17) is 0 Å². The zero-order valence-electron chi connectivity index (χ0n) is 7.69. The van der Waals surface area contributed by atoms with Gasteiger partial charge in [-0.2, -0.15) is 0 Å². The van der Waals surface area contributed by atoms with Gasteiger partial charge < -0.3 is 0 Å². The Balaban J connectivity index is 3.52. The summed E-state index contributed by atoms with van der Waals surface area (Å²) >= 11 is 0. The molecule has 1 aromatic carbocycles. The number of hydrogen-bond acceptors (Lipinski definition) is 4. The first kappa shape index (κ1) is 11.0. The summed E-state index contributed by atoms with van der Waals surface area (Å²) < 4.78 is 13.4. The number of aldehydes is 1. The number of nitro benzene ring substituents is 1. The van der Waals surface area contributed by atoms with Gasteiger partial charge in [0, 0.05) is 6.07 Å². The maximum atomic E-state index is 13.4. The van der Waals surface area contributed by atoms with Gasteiger partial charge in [-0.15, -0.1) is 0 Å². The molecule has 1 rings (SSSR count). The monoisotopic (exact) mass is 211 g/mol. The van der Waals surface area contributed by atoms with Crippen LogP contribution in [0.3, 0.4) is 0 Å². The number of carbonyl (C=O) groups excluding carboxylic acids is 2. The van der Waals surface area contributed by atoms with Crippen molar-refractivity contribution in [2.45, 2.75) is 6.92 Å². The van der Waals surface area contributed by atoms with Crippen LogP contribution in [-0.4, -0.2) is 17.0 Å². The summed E-state index contributed by atoms with van der Waals surface area (Å²) in [5.41, 5.74) is -1.68. The zero-order chi connectivity index (χ0) is 11.6. The van der Waals surface area contributed by atoms with Crippen molar-refractivity contribution in [1.82, 2.24) is 0 Å². The lowest BCUT2D eigenvalue weighted by Gasteiger charge is -2.01. The van der Waals surface area contributed by atoms with Crippen LogP contribution >= 0.6 is 0 Å². The normalized spacial score (nSPS) is 9.73. The maximum Gasteiger partial charge on any atom is 0.282 e. The third kappa shape index (κ3) is 1.88. The number of Topliss-reactive ketones (excluding diaryl/α,β-unsaturated/α-hetero) is 1. The molecule has 0 radical (unpaired) electrons. The SMILES string of the molecule is CC(=O)c1ccc([N+](=O)[O-])c(C=O)c1F. The van der Waals surface area contributed by atoms with E-state index < -0.39 is 27.8 Å². The molecule has 1 aromatic rings. The van der Waals surface area contributed by atoms with Crippen molar-refractivity contribution in [2.24, 2.45) is 0 Å². The minimum atomic E-state index is -1.15. The van der Waals surface area contributed by atoms with E-state index in [1.54, 1.807) is 0 Å². The third-order valence-electron chi connectivity index (χ3n) is 1.85. The predicted octanol–water partition coefficient (Wildman–Crippen LogP) is 1.75. The number of rotatable bonds is 3. The van der Waals surface area contributed by atoms with Gasteiger partial charge in [0.25, 0.3) is 5.69 Å². The van der Waals surface area contributed by atoms with E-state index in [-0.39, 0.29) is 11.8 Å². The fourth-order valence-electron chi connectivity index (χ4n) is 1.13. The van der Waals surface area contributed by atoms with Crippen LogP contribution in [0.15, 0.2) is 12.1 Å². The molecule has 0 spiro atoms. The second-order valence-electron chi connectivity index (χ2n) is 2.79. The molecule has 0 fully saturated rings. The largest absolute Gasteiger partial charge is 0.298 e. The van der Waals surface area contributed by atoms with Crippen molar-refractivity contribution in [3.05, 3.63) is 39.2 Å². The minimum absolute atomic E-state index is 0.0277. The molecule has 0 atom stereocenters. The van der Waals surface area contributed by atoms with Crippen LogP contribution in [0.4, 0.5) is 10.1 Å². The summed E-state index contributed by atoms with van der Waals surface area (Å²) in [5, 5.41) is 10.4. The van der Waals surface area contributed by atoms with E-state index in [1.807, 2.05) is 0 Å². The Hall–Kier alpha value is -2.11. The molecule has 0 aromatic heterocycles. The molecule has 0 N–H and O–H groups in total.